The Morgan fingerprint density at radius 3 is 2.56 bits per heavy atom. The monoisotopic (exact) mass is 220 g/mol. The first-order valence-corrected chi connectivity index (χ1v) is 5.99. The number of nitrogens with zero attached hydrogens (tertiary/aromatic N) is 1. The highest BCUT2D eigenvalue weighted by atomic mass is 16.3. The van der Waals surface area contributed by atoms with Crippen LogP contribution in [0.25, 0.3) is 0 Å². The molecule has 2 N–H and O–H groups in total. The van der Waals surface area contributed by atoms with Gasteiger partial charge in [-0.1, -0.05) is 30.3 Å². The summed E-state index contributed by atoms with van der Waals surface area (Å²) in [6.07, 6.45) is 0.505. The van der Waals surface area contributed by atoms with E-state index >= 15 is 0 Å². The molecule has 3 nitrogen and oxygen atoms in total. The van der Waals surface area contributed by atoms with Gasteiger partial charge >= 0.3 is 0 Å². The molecule has 1 saturated heterocycles. The largest absolute Gasteiger partial charge is 0.391 e. The van der Waals surface area contributed by atoms with Gasteiger partial charge in [-0.3, -0.25) is 4.90 Å². The second-order valence-electron chi connectivity index (χ2n) is 4.39. The number of hydrogen-bond donors (Lipinski definition) is 2. The van der Waals surface area contributed by atoms with E-state index in [0.29, 0.717) is 0 Å². The highest BCUT2D eigenvalue weighted by molar-refractivity contribution is 5.15. The number of piperazine rings is 1. The second kappa shape index (κ2) is 5.99. The Balaban J connectivity index is 1.77. The summed E-state index contributed by atoms with van der Waals surface area (Å²) in [5, 5.41) is 13.3. The third-order valence-corrected chi connectivity index (χ3v) is 2.99. The van der Waals surface area contributed by atoms with Crippen molar-refractivity contribution in [1.82, 2.24) is 10.2 Å². The topological polar surface area (TPSA) is 35.5 Å². The van der Waals surface area contributed by atoms with Gasteiger partial charge in [0, 0.05) is 32.7 Å². The Morgan fingerprint density at radius 2 is 1.88 bits per heavy atom. The Bertz CT molecular complexity index is 296. The quantitative estimate of drug-likeness (QED) is 0.775. The number of hydrogen-bond acceptors (Lipinski definition) is 3. The molecule has 1 heterocycles. The number of nitrogens with one attached hydrogen (secondary N) is 1. The maximum atomic E-state index is 9.99. The predicted molar refractivity (Wildman–Crippen MR) is 65.5 cm³/mol. The maximum absolute atomic E-state index is 9.99. The first kappa shape index (κ1) is 11.6. The molecule has 1 aliphatic rings. The van der Waals surface area contributed by atoms with Crippen molar-refractivity contribution in [3.05, 3.63) is 35.9 Å². The Labute approximate surface area is 97.1 Å². The summed E-state index contributed by atoms with van der Waals surface area (Å²) in [4.78, 5) is 2.32. The van der Waals surface area contributed by atoms with Crippen molar-refractivity contribution in [2.24, 2.45) is 0 Å². The molecule has 0 aromatic heterocycles. The van der Waals surface area contributed by atoms with Gasteiger partial charge in [0.2, 0.25) is 0 Å². The highest BCUT2D eigenvalue weighted by Crippen LogP contribution is 2.05. The average molecular weight is 220 g/mol. The van der Waals surface area contributed by atoms with Crippen LogP contribution in [0.5, 0.6) is 0 Å². The van der Waals surface area contributed by atoms with E-state index in [1.807, 2.05) is 18.2 Å². The zero-order valence-electron chi connectivity index (χ0n) is 9.60. The molecule has 88 valence electrons. The van der Waals surface area contributed by atoms with Gasteiger partial charge in [0.1, 0.15) is 0 Å². The van der Waals surface area contributed by atoms with E-state index in [-0.39, 0.29) is 6.10 Å². The number of β-amino-alcohol motifs (C(OH)–C–C–N with tert-alkyl or cyclic N) is 1. The van der Waals surface area contributed by atoms with Gasteiger partial charge in [-0.15, -0.1) is 0 Å². The van der Waals surface area contributed by atoms with Crippen LogP contribution in [-0.2, 0) is 6.42 Å². The summed E-state index contributed by atoms with van der Waals surface area (Å²) in [6, 6.07) is 10.2. The van der Waals surface area contributed by atoms with E-state index < -0.39 is 0 Å². The van der Waals surface area contributed by atoms with Gasteiger partial charge in [0.25, 0.3) is 0 Å². The number of aliphatic hydroxyl groups is 1. The zero-order valence-corrected chi connectivity index (χ0v) is 9.60. The van der Waals surface area contributed by atoms with Crippen LogP contribution in [0.3, 0.4) is 0 Å². The molecule has 0 spiro atoms. The Morgan fingerprint density at radius 1 is 1.19 bits per heavy atom. The molecule has 1 aliphatic heterocycles. The zero-order chi connectivity index (χ0) is 11.2. The first-order chi connectivity index (χ1) is 7.84. The van der Waals surface area contributed by atoms with Crippen LogP contribution in [0.15, 0.2) is 30.3 Å². The normalized spacial score (nSPS) is 19.6. The lowest BCUT2D eigenvalue weighted by atomic mass is 10.1. The van der Waals surface area contributed by atoms with Crippen molar-refractivity contribution >= 4 is 0 Å². The van der Waals surface area contributed by atoms with Crippen LogP contribution in [-0.4, -0.2) is 48.8 Å². The lowest BCUT2D eigenvalue weighted by Crippen LogP contribution is -2.46. The van der Waals surface area contributed by atoms with E-state index in [0.717, 1.165) is 39.1 Å². The van der Waals surface area contributed by atoms with Crippen LogP contribution in [0.2, 0.25) is 0 Å². The van der Waals surface area contributed by atoms with Crippen molar-refractivity contribution in [1.29, 1.82) is 0 Å². The summed E-state index contributed by atoms with van der Waals surface area (Å²) in [7, 11) is 0. The van der Waals surface area contributed by atoms with Crippen molar-refractivity contribution in [2.75, 3.05) is 32.7 Å². The molecule has 1 aromatic rings. The molecule has 2 rings (SSSR count). The average Bonchev–Trinajstić information content (AvgIpc) is 2.31. The summed E-state index contributed by atoms with van der Waals surface area (Å²) in [5.74, 6) is 0. The number of aliphatic hydroxyl groups excluding tert-OH is 1. The predicted octanol–water partition coefficient (Wildman–Crippen LogP) is 0.495. The van der Waals surface area contributed by atoms with Crippen molar-refractivity contribution in [2.45, 2.75) is 12.5 Å². The third kappa shape index (κ3) is 3.59. The fourth-order valence-electron chi connectivity index (χ4n) is 2.14. The van der Waals surface area contributed by atoms with Crippen molar-refractivity contribution in [3.63, 3.8) is 0 Å². The Kier molecular flexibility index (Phi) is 4.34. The standard InChI is InChI=1S/C13H20N2O/c16-13(10-12-4-2-1-3-5-12)11-15-8-6-14-7-9-15/h1-5,13-14,16H,6-11H2. The number of benzene rings is 1. The summed E-state index contributed by atoms with van der Waals surface area (Å²) in [5.41, 5.74) is 1.21. The van der Waals surface area contributed by atoms with Crippen LogP contribution in [0.4, 0.5) is 0 Å². The second-order valence-corrected chi connectivity index (χ2v) is 4.39. The third-order valence-electron chi connectivity index (χ3n) is 2.99. The molecule has 3 heteroatoms. The lowest BCUT2D eigenvalue weighted by Gasteiger charge is -2.29. The van der Waals surface area contributed by atoms with E-state index in [1.165, 1.54) is 5.56 Å². The lowest BCUT2D eigenvalue weighted by molar-refractivity contribution is 0.105. The molecular weight excluding hydrogens is 200 g/mol. The first-order valence-electron chi connectivity index (χ1n) is 5.99. The van der Waals surface area contributed by atoms with Gasteiger partial charge in [-0.2, -0.15) is 0 Å². The summed E-state index contributed by atoms with van der Waals surface area (Å²) in [6.45, 7) is 4.96. The maximum Gasteiger partial charge on any atom is 0.0707 e. The van der Waals surface area contributed by atoms with Crippen LogP contribution in [0, 0.1) is 0 Å². The van der Waals surface area contributed by atoms with E-state index in [1.54, 1.807) is 0 Å². The van der Waals surface area contributed by atoms with Crippen molar-refractivity contribution in [3.8, 4) is 0 Å². The molecule has 0 amide bonds. The molecular formula is C13H20N2O. The molecule has 0 radical (unpaired) electrons. The Hall–Kier alpha value is -0.900. The molecule has 0 saturated carbocycles. The molecule has 16 heavy (non-hydrogen) atoms. The minimum absolute atomic E-state index is 0.250. The molecule has 1 fully saturated rings. The fourth-order valence-corrected chi connectivity index (χ4v) is 2.14. The van der Waals surface area contributed by atoms with Crippen LogP contribution >= 0.6 is 0 Å². The molecule has 0 bridgehead atoms. The summed E-state index contributed by atoms with van der Waals surface area (Å²) >= 11 is 0. The van der Waals surface area contributed by atoms with Gasteiger partial charge in [0.05, 0.1) is 6.10 Å². The molecule has 1 aromatic carbocycles. The molecule has 1 atom stereocenters. The van der Waals surface area contributed by atoms with Gasteiger partial charge in [-0.25, -0.2) is 0 Å². The van der Waals surface area contributed by atoms with Crippen LogP contribution < -0.4 is 5.32 Å². The van der Waals surface area contributed by atoms with Crippen molar-refractivity contribution < 1.29 is 5.11 Å². The number of rotatable bonds is 4. The van der Waals surface area contributed by atoms with E-state index in [4.69, 9.17) is 0 Å². The smallest absolute Gasteiger partial charge is 0.0707 e. The van der Waals surface area contributed by atoms with Gasteiger partial charge in [-0.05, 0) is 12.0 Å². The van der Waals surface area contributed by atoms with E-state index in [9.17, 15) is 5.11 Å². The SMILES string of the molecule is OC(Cc1ccccc1)CN1CCNCC1. The fraction of sp³-hybridized carbons (Fsp3) is 0.538. The minimum Gasteiger partial charge on any atom is -0.391 e. The summed E-state index contributed by atoms with van der Waals surface area (Å²) < 4.78 is 0. The molecule has 0 aliphatic carbocycles. The highest BCUT2D eigenvalue weighted by Gasteiger charge is 2.14. The van der Waals surface area contributed by atoms with Gasteiger partial charge in [0.15, 0.2) is 0 Å². The minimum atomic E-state index is -0.250. The van der Waals surface area contributed by atoms with Crippen LogP contribution in [0.1, 0.15) is 5.56 Å². The van der Waals surface area contributed by atoms with E-state index in [2.05, 4.69) is 22.3 Å². The van der Waals surface area contributed by atoms with Gasteiger partial charge < -0.3 is 10.4 Å². The molecule has 1 unspecified atom stereocenters.